The topological polar surface area (TPSA) is 106 Å². The first-order chi connectivity index (χ1) is 8.20. The lowest BCUT2D eigenvalue weighted by atomic mass is 9.49. The summed E-state index contributed by atoms with van der Waals surface area (Å²) in [5, 5.41) is 0. The average Bonchev–Trinajstić information content (AvgIpc) is 2.21. The van der Waals surface area contributed by atoms with Crippen LogP contribution in [0, 0.1) is 10.8 Å². The molecule has 0 aliphatic heterocycles. The minimum atomic E-state index is -3.63. The first-order valence-electron chi connectivity index (χ1n) is 6.13. The number of hydrogen-bond acceptors (Lipinski definition) is 5. The third kappa shape index (κ3) is 3.48. The quantitative estimate of drug-likeness (QED) is 0.725. The van der Waals surface area contributed by atoms with Gasteiger partial charge in [-0.15, -0.1) is 0 Å². The average molecular weight is 312 g/mol. The SMILES string of the molecule is CC1(C)C(N)C(C)(C)C1NS(=O)(=O)CCS(C)(=O)=O. The van der Waals surface area contributed by atoms with E-state index in [9.17, 15) is 16.8 Å². The summed E-state index contributed by atoms with van der Waals surface area (Å²) in [7, 11) is -6.92. The molecule has 0 saturated heterocycles. The van der Waals surface area contributed by atoms with Crippen molar-refractivity contribution in [2.75, 3.05) is 17.8 Å². The van der Waals surface area contributed by atoms with Crippen molar-refractivity contribution >= 4 is 19.9 Å². The second kappa shape index (κ2) is 4.68. The normalized spacial score (nSPS) is 29.8. The molecule has 1 aliphatic rings. The summed E-state index contributed by atoms with van der Waals surface area (Å²) in [4.78, 5) is 0. The van der Waals surface area contributed by atoms with Gasteiger partial charge in [-0.05, 0) is 10.8 Å². The van der Waals surface area contributed by atoms with Crippen LogP contribution in [-0.4, -0.2) is 46.7 Å². The Hall–Kier alpha value is -0.180. The van der Waals surface area contributed by atoms with Gasteiger partial charge in [-0.1, -0.05) is 27.7 Å². The van der Waals surface area contributed by atoms with Gasteiger partial charge in [-0.2, -0.15) is 0 Å². The van der Waals surface area contributed by atoms with E-state index in [1.165, 1.54) is 0 Å². The molecule has 0 aromatic rings. The van der Waals surface area contributed by atoms with E-state index in [-0.39, 0.29) is 28.7 Å². The maximum atomic E-state index is 11.9. The van der Waals surface area contributed by atoms with E-state index < -0.39 is 25.6 Å². The molecule has 1 rings (SSSR count). The van der Waals surface area contributed by atoms with Crippen LogP contribution < -0.4 is 10.5 Å². The Morgan fingerprint density at radius 3 is 1.79 bits per heavy atom. The van der Waals surface area contributed by atoms with E-state index >= 15 is 0 Å². The van der Waals surface area contributed by atoms with Gasteiger partial charge in [0.25, 0.3) is 0 Å². The molecule has 19 heavy (non-hydrogen) atoms. The molecular formula is C11H24N2O4S2. The van der Waals surface area contributed by atoms with Crippen LogP contribution in [0.15, 0.2) is 0 Å². The van der Waals surface area contributed by atoms with E-state index in [4.69, 9.17) is 5.73 Å². The van der Waals surface area contributed by atoms with Crippen molar-refractivity contribution in [1.29, 1.82) is 0 Å². The molecule has 1 aliphatic carbocycles. The molecule has 1 fully saturated rings. The molecule has 8 heteroatoms. The first-order valence-corrected chi connectivity index (χ1v) is 9.85. The summed E-state index contributed by atoms with van der Waals surface area (Å²) in [6.45, 7) is 7.64. The predicted molar refractivity (Wildman–Crippen MR) is 76.0 cm³/mol. The van der Waals surface area contributed by atoms with Crippen LogP contribution in [0.25, 0.3) is 0 Å². The van der Waals surface area contributed by atoms with Crippen LogP contribution in [0.5, 0.6) is 0 Å². The molecule has 0 spiro atoms. The van der Waals surface area contributed by atoms with E-state index in [1.807, 2.05) is 27.7 Å². The molecule has 1 saturated carbocycles. The largest absolute Gasteiger partial charge is 0.327 e. The van der Waals surface area contributed by atoms with Gasteiger partial charge in [-0.25, -0.2) is 21.6 Å². The number of sulfonamides is 1. The zero-order valence-corrected chi connectivity index (χ0v) is 13.7. The molecule has 0 bridgehead atoms. The lowest BCUT2D eigenvalue weighted by molar-refractivity contribution is -0.0593. The molecule has 0 aromatic heterocycles. The van der Waals surface area contributed by atoms with Gasteiger partial charge in [0.15, 0.2) is 0 Å². The van der Waals surface area contributed by atoms with Crippen LogP contribution >= 0.6 is 0 Å². The standard InChI is InChI=1S/C11H24N2O4S2/c1-10(2)8(12)11(3,4)9(10)13-19(16,17)7-6-18(5,14)15/h8-9,13H,6-7,12H2,1-5H3. The second-order valence-corrected chi connectivity index (χ2v) is 10.8. The summed E-state index contributed by atoms with van der Waals surface area (Å²) in [5.74, 6) is -0.786. The summed E-state index contributed by atoms with van der Waals surface area (Å²) in [6.07, 6.45) is 1.02. The number of sulfone groups is 1. The molecule has 0 atom stereocenters. The van der Waals surface area contributed by atoms with Gasteiger partial charge in [-0.3, -0.25) is 0 Å². The zero-order valence-electron chi connectivity index (χ0n) is 12.1. The highest BCUT2D eigenvalue weighted by Crippen LogP contribution is 2.52. The first kappa shape index (κ1) is 16.9. The van der Waals surface area contributed by atoms with Crippen molar-refractivity contribution in [3.05, 3.63) is 0 Å². The maximum absolute atomic E-state index is 11.9. The summed E-state index contributed by atoms with van der Waals surface area (Å²) < 4.78 is 48.6. The Kier molecular flexibility index (Phi) is 4.16. The minimum absolute atomic E-state index is 0.109. The van der Waals surface area contributed by atoms with Crippen molar-refractivity contribution in [2.45, 2.75) is 39.8 Å². The highest BCUT2D eigenvalue weighted by molar-refractivity contribution is 7.93. The lowest BCUT2D eigenvalue weighted by Crippen LogP contribution is -2.76. The molecular weight excluding hydrogens is 288 g/mol. The van der Waals surface area contributed by atoms with Crippen molar-refractivity contribution in [3.63, 3.8) is 0 Å². The highest BCUT2D eigenvalue weighted by Gasteiger charge is 2.60. The fourth-order valence-electron chi connectivity index (χ4n) is 2.98. The Bertz CT molecular complexity index is 533. The summed E-state index contributed by atoms with van der Waals surface area (Å²) >= 11 is 0. The van der Waals surface area contributed by atoms with Crippen LogP contribution in [0.1, 0.15) is 27.7 Å². The van der Waals surface area contributed by atoms with Crippen molar-refractivity contribution < 1.29 is 16.8 Å². The van der Waals surface area contributed by atoms with E-state index in [0.717, 1.165) is 6.26 Å². The predicted octanol–water partition coefficient (Wildman–Crippen LogP) is -0.288. The second-order valence-electron chi connectivity index (χ2n) is 6.62. The van der Waals surface area contributed by atoms with Gasteiger partial charge >= 0.3 is 0 Å². The van der Waals surface area contributed by atoms with Crippen LogP contribution in [0.4, 0.5) is 0 Å². The highest BCUT2D eigenvalue weighted by atomic mass is 32.2. The van der Waals surface area contributed by atoms with Gasteiger partial charge in [0.1, 0.15) is 9.84 Å². The lowest BCUT2D eigenvalue weighted by Gasteiger charge is -2.62. The smallest absolute Gasteiger partial charge is 0.212 e. The molecule has 6 nitrogen and oxygen atoms in total. The molecule has 0 amide bonds. The molecule has 0 heterocycles. The van der Waals surface area contributed by atoms with Gasteiger partial charge in [0.05, 0.1) is 11.5 Å². The van der Waals surface area contributed by atoms with E-state index in [1.54, 1.807) is 0 Å². The van der Waals surface area contributed by atoms with Crippen LogP contribution in [0.3, 0.4) is 0 Å². The Morgan fingerprint density at radius 1 is 1.00 bits per heavy atom. The third-order valence-electron chi connectivity index (χ3n) is 4.11. The summed E-state index contributed by atoms with van der Waals surface area (Å²) in [5.41, 5.74) is 5.36. The van der Waals surface area contributed by atoms with Crippen LogP contribution in [0.2, 0.25) is 0 Å². The van der Waals surface area contributed by atoms with Gasteiger partial charge in [0.2, 0.25) is 10.0 Å². The monoisotopic (exact) mass is 312 g/mol. The molecule has 0 radical (unpaired) electrons. The number of nitrogens with two attached hydrogens (primary N) is 1. The van der Waals surface area contributed by atoms with Gasteiger partial charge in [0, 0.05) is 18.3 Å². The molecule has 0 aromatic carbocycles. The fourth-order valence-corrected chi connectivity index (χ4v) is 6.16. The number of hydrogen-bond donors (Lipinski definition) is 2. The van der Waals surface area contributed by atoms with Gasteiger partial charge < -0.3 is 5.73 Å². The molecule has 0 unspecified atom stereocenters. The van der Waals surface area contributed by atoms with Crippen molar-refractivity contribution in [1.82, 2.24) is 4.72 Å². The Labute approximate surface area is 116 Å². The maximum Gasteiger partial charge on any atom is 0.212 e. The molecule has 3 N–H and O–H groups in total. The zero-order chi connectivity index (χ0) is 15.3. The Morgan fingerprint density at radius 2 is 1.42 bits per heavy atom. The number of nitrogens with one attached hydrogen (secondary N) is 1. The third-order valence-corrected chi connectivity index (χ3v) is 6.65. The number of rotatable bonds is 5. The minimum Gasteiger partial charge on any atom is -0.327 e. The Balaban J connectivity index is 2.80. The summed E-state index contributed by atoms with van der Waals surface area (Å²) in [6, 6.07) is -0.401. The van der Waals surface area contributed by atoms with Crippen LogP contribution in [-0.2, 0) is 19.9 Å². The van der Waals surface area contributed by atoms with E-state index in [0.29, 0.717) is 0 Å². The van der Waals surface area contributed by atoms with Crippen molar-refractivity contribution in [2.24, 2.45) is 16.6 Å². The fraction of sp³-hybridized carbons (Fsp3) is 1.00. The van der Waals surface area contributed by atoms with Crippen molar-refractivity contribution in [3.8, 4) is 0 Å². The molecule has 114 valence electrons. The van der Waals surface area contributed by atoms with E-state index in [2.05, 4.69) is 4.72 Å².